The van der Waals surface area contributed by atoms with Gasteiger partial charge < -0.3 is 14.8 Å². The van der Waals surface area contributed by atoms with Gasteiger partial charge in [-0.2, -0.15) is 8.42 Å². The van der Waals surface area contributed by atoms with Crippen LogP contribution in [-0.4, -0.2) is 44.5 Å². The van der Waals surface area contributed by atoms with Gasteiger partial charge in [-0.3, -0.25) is 14.1 Å². The number of methoxy groups -OCH3 is 2. The Morgan fingerprint density at radius 3 is 2.36 bits per heavy atom. The first-order valence-electron chi connectivity index (χ1n) is 9.11. The van der Waals surface area contributed by atoms with Gasteiger partial charge in [0.15, 0.2) is 5.78 Å². The van der Waals surface area contributed by atoms with Crippen LogP contribution in [0.3, 0.4) is 0 Å². The number of hydrogen-bond donors (Lipinski definition) is 2. The maximum Gasteiger partial charge on any atom is 0.296 e. The number of ether oxygens (including phenoxy) is 2. The number of nitrogens with one attached hydrogen (secondary N) is 1. The van der Waals surface area contributed by atoms with Crippen LogP contribution in [0.2, 0.25) is 0 Å². The quantitative estimate of drug-likeness (QED) is 0.397. The minimum atomic E-state index is -4.59. The van der Waals surface area contributed by atoms with Crippen molar-refractivity contribution in [2.45, 2.75) is 62.9 Å². The van der Waals surface area contributed by atoms with E-state index in [1.54, 1.807) is 0 Å². The molecule has 1 aromatic rings. The number of carbonyl (C=O) groups is 2. The van der Waals surface area contributed by atoms with Crippen molar-refractivity contribution in [3.8, 4) is 5.75 Å². The van der Waals surface area contributed by atoms with Gasteiger partial charge in [-0.1, -0.05) is 32.6 Å². The molecule has 0 saturated carbocycles. The fraction of sp³-hybridized carbons (Fsp3) is 0.579. The Morgan fingerprint density at radius 2 is 1.86 bits per heavy atom. The Morgan fingerprint density at radius 1 is 1.18 bits per heavy atom. The second kappa shape index (κ2) is 10.5. The summed E-state index contributed by atoms with van der Waals surface area (Å²) in [6.07, 6.45) is 3.83. The SMILES string of the molecule is CCCCCCC(CC(=O)Nc1ccc(OC)cc1S(=O)(=O)O)(OC)C(C)=O. The van der Waals surface area contributed by atoms with Gasteiger partial charge in [-0.25, -0.2) is 0 Å². The summed E-state index contributed by atoms with van der Waals surface area (Å²) >= 11 is 0. The van der Waals surface area contributed by atoms with Gasteiger partial charge in [0.1, 0.15) is 16.2 Å². The van der Waals surface area contributed by atoms with E-state index in [1.807, 2.05) is 0 Å². The molecule has 0 heterocycles. The Kier molecular flexibility index (Phi) is 9.06. The Balaban J connectivity index is 3.03. The Hall–Kier alpha value is -1.97. The predicted octanol–water partition coefficient (Wildman–Crippen LogP) is 3.22. The highest BCUT2D eigenvalue weighted by molar-refractivity contribution is 7.86. The summed E-state index contributed by atoms with van der Waals surface area (Å²) in [6, 6.07) is 3.86. The number of benzene rings is 1. The molecule has 158 valence electrons. The molecule has 1 unspecified atom stereocenters. The Labute approximate surface area is 166 Å². The normalized spacial score (nSPS) is 13.6. The molecule has 1 atom stereocenters. The second-order valence-electron chi connectivity index (χ2n) is 6.63. The highest BCUT2D eigenvalue weighted by atomic mass is 32.2. The van der Waals surface area contributed by atoms with E-state index in [-0.39, 0.29) is 23.6 Å². The maximum absolute atomic E-state index is 12.6. The molecule has 2 N–H and O–H groups in total. The van der Waals surface area contributed by atoms with Crippen molar-refractivity contribution >= 4 is 27.5 Å². The number of carbonyl (C=O) groups excluding carboxylic acids is 2. The van der Waals surface area contributed by atoms with Crippen LogP contribution < -0.4 is 10.1 Å². The van der Waals surface area contributed by atoms with E-state index in [9.17, 15) is 22.6 Å². The van der Waals surface area contributed by atoms with E-state index in [2.05, 4.69) is 12.2 Å². The maximum atomic E-state index is 12.6. The first kappa shape index (κ1) is 24.1. The fourth-order valence-corrected chi connectivity index (χ4v) is 3.61. The van der Waals surface area contributed by atoms with Crippen LogP contribution in [0.25, 0.3) is 0 Å². The molecule has 1 amide bonds. The van der Waals surface area contributed by atoms with Gasteiger partial charge in [-0.05, 0) is 25.5 Å². The molecule has 0 aliphatic heterocycles. The van der Waals surface area contributed by atoms with Crippen LogP contribution in [0.5, 0.6) is 5.75 Å². The zero-order chi connectivity index (χ0) is 21.4. The summed E-state index contributed by atoms with van der Waals surface area (Å²) < 4.78 is 43.0. The average Bonchev–Trinajstić information content (AvgIpc) is 2.63. The lowest BCUT2D eigenvalue weighted by Crippen LogP contribution is -2.42. The minimum absolute atomic E-state index is 0.104. The van der Waals surface area contributed by atoms with E-state index in [1.165, 1.54) is 33.3 Å². The highest BCUT2D eigenvalue weighted by Crippen LogP contribution is 2.29. The molecule has 0 saturated heterocycles. The first-order valence-corrected chi connectivity index (χ1v) is 10.5. The van der Waals surface area contributed by atoms with Gasteiger partial charge >= 0.3 is 0 Å². The molecule has 0 bridgehead atoms. The molecule has 0 spiro atoms. The topological polar surface area (TPSA) is 119 Å². The summed E-state index contributed by atoms with van der Waals surface area (Å²) in [7, 11) is -1.86. The lowest BCUT2D eigenvalue weighted by molar-refractivity contribution is -0.145. The number of amides is 1. The van der Waals surface area contributed by atoms with Gasteiger partial charge in [0.2, 0.25) is 5.91 Å². The molecule has 0 aliphatic carbocycles. The third kappa shape index (κ3) is 6.57. The predicted molar refractivity (Wildman–Crippen MR) is 105 cm³/mol. The first-order chi connectivity index (χ1) is 13.1. The van der Waals surface area contributed by atoms with Crippen LogP contribution in [-0.2, 0) is 24.4 Å². The lowest BCUT2D eigenvalue weighted by atomic mass is 9.88. The van der Waals surface area contributed by atoms with Crippen LogP contribution in [0.4, 0.5) is 5.69 Å². The third-order valence-electron chi connectivity index (χ3n) is 4.65. The minimum Gasteiger partial charge on any atom is -0.497 e. The third-order valence-corrected chi connectivity index (χ3v) is 5.55. The summed E-state index contributed by atoms with van der Waals surface area (Å²) in [5, 5.41) is 2.45. The summed E-state index contributed by atoms with van der Waals surface area (Å²) in [4.78, 5) is 24.3. The number of rotatable bonds is 12. The van der Waals surface area contributed by atoms with Crippen molar-refractivity contribution in [2.75, 3.05) is 19.5 Å². The van der Waals surface area contributed by atoms with Crippen molar-refractivity contribution in [1.82, 2.24) is 0 Å². The van der Waals surface area contributed by atoms with Gasteiger partial charge in [-0.15, -0.1) is 0 Å². The van der Waals surface area contributed by atoms with Crippen molar-refractivity contribution in [3.63, 3.8) is 0 Å². The molecule has 8 nitrogen and oxygen atoms in total. The molecular weight excluding hydrogens is 386 g/mol. The number of anilines is 1. The molecule has 1 aromatic carbocycles. The molecule has 0 aliphatic rings. The van der Waals surface area contributed by atoms with Gasteiger partial charge in [0.25, 0.3) is 10.1 Å². The summed E-state index contributed by atoms with van der Waals surface area (Å²) in [6.45, 7) is 3.44. The number of ketones is 1. The summed E-state index contributed by atoms with van der Waals surface area (Å²) in [5.41, 5.74) is -1.38. The lowest BCUT2D eigenvalue weighted by Gasteiger charge is -2.29. The molecule has 9 heteroatoms. The van der Waals surface area contributed by atoms with Crippen LogP contribution in [0.1, 0.15) is 52.4 Å². The number of Topliss-reactive ketones (excluding diaryl/α,β-unsaturated/α-hetero) is 1. The molecule has 0 aromatic heterocycles. The molecular formula is C19H29NO7S. The van der Waals surface area contributed by atoms with Crippen LogP contribution >= 0.6 is 0 Å². The number of hydrogen-bond acceptors (Lipinski definition) is 6. The van der Waals surface area contributed by atoms with E-state index in [0.717, 1.165) is 31.7 Å². The molecule has 0 radical (unpaired) electrons. The zero-order valence-electron chi connectivity index (χ0n) is 16.8. The summed E-state index contributed by atoms with van der Waals surface area (Å²) in [5.74, 6) is -0.662. The van der Waals surface area contributed by atoms with Gasteiger partial charge in [0.05, 0.1) is 19.2 Å². The van der Waals surface area contributed by atoms with E-state index >= 15 is 0 Å². The van der Waals surface area contributed by atoms with Crippen molar-refractivity contribution < 1.29 is 32.0 Å². The van der Waals surface area contributed by atoms with E-state index in [0.29, 0.717) is 6.42 Å². The Bertz CT molecular complexity index is 791. The highest BCUT2D eigenvalue weighted by Gasteiger charge is 2.37. The van der Waals surface area contributed by atoms with Crippen molar-refractivity contribution in [3.05, 3.63) is 18.2 Å². The second-order valence-corrected chi connectivity index (χ2v) is 8.02. The van der Waals surface area contributed by atoms with E-state index in [4.69, 9.17) is 9.47 Å². The zero-order valence-corrected chi connectivity index (χ0v) is 17.6. The van der Waals surface area contributed by atoms with E-state index < -0.39 is 26.5 Å². The molecule has 0 fully saturated rings. The average molecular weight is 416 g/mol. The van der Waals surface area contributed by atoms with Crippen LogP contribution in [0, 0.1) is 0 Å². The fourth-order valence-electron chi connectivity index (χ4n) is 2.94. The standard InChI is InChI=1S/C19H29NO7S/c1-5-6-7-8-11-19(27-4,14(2)21)13-18(22)20-16-10-9-15(26-3)12-17(16)28(23,24)25/h9-10,12H,5-8,11,13H2,1-4H3,(H,20,22)(H,23,24,25). The number of unbranched alkanes of at least 4 members (excludes halogenated alkanes) is 3. The molecule has 28 heavy (non-hydrogen) atoms. The van der Waals surface area contributed by atoms with Gasteiger partial charge in [0, 0.05) is 13.2 Å². The van der Waals surface area contributed by atoms with Crippen molar-refractivity contribution in [2.24, 2.45) is 0 Å². The smallest absolute Gasteiger partial charge is 0.296 e. The molecule has 1 rings (SSSR count). The largest absolute Gasteiger partial charge is 0.497 e. The van der Waals surface area contributed by atoms with Crippen molar-refractivity contribution in [1.29, 1.82) is 0 Å². The monoisotopic (exact) mass is 415 g/mol. The van der Waals surface area contributed by atoms with Crippen LogP contribution in [0.15, 0.2) is 23.1 Å².